The average molecular weight is 705 g/mol. The minimum Gasteiger partial charge on any atom is -0.457 e. The molecule has 0 saturated heterocycles. The first kappa shape index (κ1) is 34.7. The molecule has 0 saturated carbocycles. The van der Waals surface area contributed by atoms with Crippen LogP contribution >= 0.6 is 0 Å². The molecule has 1 amide bonds. The summed E-state index contributed by atoms with van der Waals surface area (Å²) in [5.41, 5.74) is 11.5. The van der Waals surface area contributed by atoms with Crippen molar-refractivity contribution in [1.82, 2.24) is 9.47 Å². The van der Waals surface area contributed by atoms with Crippen LogP contribution in [0.25, 0.3) is 57.6 Å². The van der Waals surface area contributed by atoms with Gasteiger partial charge in [-0.15, -0.1) is 0 Å². The number of aromatic nitrogens is 1. The fraction of sp³-hybridized carbons (Fsp3) is 0.140. The molecular formula is C50H44N2O2. The minimum atomic E-state index is 0.0154. The van der Waals surface area contributed by atoms with Crippen LogP contribution in [-0.2, 0) is 6.42 Å². The summed E-state index contributed by atoms with van der Waals surface area (Å²) in [6.07, 6.45) is 0.806. The molecule has 54 heavy (non-hydrogen) atoms. The highest BCUT2D eigenvalue weighted by atomic mass is 16.5. The van der Waals surface area contributed by atoms with E-state index < -0.39 is 0 Å². The van der Waals surface area contributed by atoms with Crippen LogP contribution in [-0.4, -0.2) is 21.4 Å². The van der Waals surface area contributed by atoms with E-state index in [0.29, 0.717) is 11.5 Å². The predicted octanol–water partition coefficient (Wildman–Crippen LogP) is 11.1. The predicted molar refractivity (Wildman–Crippen MR) is 225 cm³/mol. The highest BCUT2D eigenvalue weighted by Gasteiger charge is 2.32. The third-order valence-electron chi connectivity index (χ3n) is 10.6. The minimum absolute atomic E-state index is 0.0154. The number of ether oxygens (including phenoxy) is 1. The summed E-state index contributed by atoms with van der Waals surface area (Å²) in [6, 6.07) is 46.5. The molecule has 0 radical (unpaired) electrons. The Bertz CT molecular complexity index is 2680. The van der Waals surface area contributed by atoms with Gasteiger partial charge in [-0.25, -0.2) is 0 Å². The molecule has 2 heterocycles. The van der Waals surface area contributed by atoms with Crippen molar-refractivity contribution in [1.29, 1.82) is 0 Å². The summed E-state index contributed by atoms with van der Waals surface area (Å²) >= 11 is 0. The van der Waals surface area contributed by atoms with Gasteiger partial charge in [-0.1, -0.05) is 112 Å². The maximum Gasteiger partial charge on any atom is 0.259 e. The van der Waals surface area contributed by atoms with E-state index in [0.717, 1.165) is 73.0 Å². The molecule has 0 N–H and O–H groups in total. The van der Waals surface area contributed by atoms with Gasteiger partial charge >= 0.3 is 0 Å². The van der Waals surface area contributed by atoms with Gasteiger partial charge in [-0.2, -0.15) is 0 Å². The summed E-state index contributed by atoms with van der Waals surface area (Å²) in [7, 11) is 0. The second kappa shape index (κ2) is 13.9. The zero-order valence-electron chi connectivity index (χ0n) is 31.4. The van der Waals surface area contributed by atoms with Gasteiger partial charge in [-0.05, 0) is 120 Å². The van der Waals surface area contributed by atoms with E-state index in [9.17, 15) is 4.79 Å². The molecule has 0 unspecified atom stereocenters. The molecule has 1 aliphatic heterocycles. The van der Waals surface area contributed by atoms with E-state index in [1.807, 2.05) is 50.2 Å². The average Bonchev–Trinajstić information content (AvgIpc) is 3.58. The molecule has 7 aromatic rings. The molecule has 0 spiro atoms. The lowest BCUT2D eigenvalue weighted by molar-refractivity contribution is 0.0821. The Kier molecular flexibility index (Phi) is 8.91. The molecule has 0 bridgehead atoms. The molecular weight excluding hydrogens is 661 g/mol. The largest absolute Gasteiger partial charge is 0.457 e. The lowest BCUT2D eigenvalue weighted by atomic mass is 9.98. The van der Waals surface area contributed by atoms with Gasteiger partial charge < -0.3 is 14.2 Å². The monoisotopic (exact) mass is 704 g/mol. The van der Waals surface area contributed by atoms with Crippen molar-refractivity contribution >= 4 is 35.5 Å². The van der Waals surface area contributed by atoms with Crippen molar-refractivity contribution in [3.8, 4) is 39.4 Å². The van der Waals surface area contributed by atoms with E-state index in [2.05, 4.69) is 135 Å². The van der Waals surface area contributed by atoms with Crippen LogP contribution in [0.5, 0.6) is 11.5 Å². The number of hydrogen-bond donors (Lipinski definition) is 0. The van der Waals surface area contributed by atoms with Crippen LogP contribution in [0.3, 0.4) is 0 Å². The molecule has 1 aliphatic rings. The Morgan fingerprint density at radius 3 is 1.94 bits per heavy atom. The Morgan fingerprint density at radius 1 is 0.574 bits per heavy atom. The van der Waals surface area contributed by atoms with E-state index in [4.69, 9.17) is 4.74 Å². The standard InChI is InChI=1S/C50H44N2O2/c1-31(2)40-11-9-13-45(28-40)54-44-22-18-39(19-23-44)38-16-14-36(15-17-38)26-37-10-8-12-43(27-37)52-33(5)46-24-20-41(29-48(46)35(52)7)42-21-25-47-49(30-42)34(6)51(32(3)4)50(47)53/h8-25,27-32H,5-7,26H2,1-4H3. The number of benzene rings is 6. The molecule has 4 nitrogen and oxygen atoms in total. The number of carbonyl (C=O) groups is 1. The zero-order chi connectivity index (χ0) is 37.7. The molecule has 1 aromatic heterocycles. The first-order valence-corrected chi connectivity index (χ1v) is 18.6. The topological polar surface area (TPSA) is 34.5 Å². The number of carbonyl (C=O) groups excluding carboxylic acids is 1. The van der Waals surface area contributed by atoms with Crippen molar-refractivity contribution < 1.29 is 9.53 Å². The van der Waals surface area contributed by atoms with Gasteiger partial charge in [0.25, 0.3) is 5.91 Å². The van der Waals surface area contributed by atoms with E-state index in [1.165, 1.54) is 22.3 Å². The number of rotatable bonds is 9. The number of amides is 1. The Labute approximate surface area is 317 Å². The molecule has 6 aromatic carbocycles. The number of fused-ring (bicyclic) bond motifs is 2. The Morgan fingerprint density at radius 2 is 1.22 bits per heavy atom. The van der Waals surface area contributed by atoms with E-state index in [-0.39, 0.29) is 11.9 Å². The van der Waals surface area contributed by atoms with Gasteiger partial charge in [0.1, 0.15) is 11.5 Å². The summed E-state index contributed by atoms with van der Waals surface area (Å²) in [4.78, 5) is 14.8. The molecule has 0 aliphatic carbocycles. The van der Waals surface area contributed by atoms with Crippen molar-refractivity contribution in [3.63, 3.8) is 0 Å². The van der Waals surface area contributed by atoms with E-state index >= 15 is 0 Å². The van der Waals surface area contributed by atoms with Crippen LogP contribution in [0.1, 0.15) is 66.2 Å². The smallest absolute Gasteiger partial charge is 0.259 e. The van der Waals surface area contributed by atoms with E-state index in [1.54, 1.807) is 4.90 Å². The lowest BCUT2D eigenvalue weighted by Crippen LogP contribution is -2.29. The zero-order valence-corrected chi connectivity index (χ0v) is 31.4. The molecule has 0 atom stereocenters. The van der Waals surface area contributed by atoms with Crippen LogP contribution < -0.4 is 15.4 Å². The summed E-state index contributed by atoms with van der Waals surface area (Å²) in [6.45, 7) is 21.7. The summed E-state index contributed by atoms with van der Waals surface area (Å²) in [5, 5.41) is 3.92. The second-order valence-electron chi connectivity index (χ2n) is 14.9. The quantitative estimate of drug-likeness (QED) is 0.150. The molecule has 266 valence electrons. The van der Waals surface area contributed by atoms with Crippen LogP contribution in [0.4, 0.5) is 0 Å². The van der Waals surface area contributed by atoms with Crippen LogP contribution in [0.15, 0.2) is 140 Å². The molecule has 8 rings (SSSR count). The summed E-state index contributed by atoms with van der Waals surface area (Å²) in [5.74, 6) is 2.15. The lowest BCUT2D eigenvalue weighted by Gasteiger charge is -2.21. The van der Waals surface area contributed by atoms with Crippen LogP contribution in [0.2, 0.25) is 0 Å². The van der Waals surface area contributed by atoms with Crippen molar-refractivity contribution in [3.05, 3.63) is 179 Å². The first-order valence-electron chi connectivity index (χ1n) is 18.6. The van der Waals surface area contributed by atoms with Gasteiger partial charge in [-0.3, -0.25) is 4.79 Å². The number of hydrogen-bond acceptors (Lipinski definition) is 2. The fourth-order valence-electron chi connectivity index (χ4n) is 7.65. The van der Waals surface area contributed by atoms with Crippen molar-refractivity contribution in [2.75, 3.05) is 0 Å². The SMILES string of the molecule is C=C1c2cc(-c3ccc4c(=C)n(-c5cccc(Cc6ccc(-c7ccc(Oc8cccc(C(C)C)c8)cc7)cc6)c5)c(=C)c4c3)ccc2C(=O)N1C(C)C. The molecule has 4 heteroatoms. The van der Waals surface area contributed by atoms with Gasteiger partial charge in [0.2, 0.25) is 0 Å². The second-order valence-corrected chi connectivity index (χ2v) is 14.9. The number of nitrogens with zero attached hydrogens (tertiary/aromatic N) is 2. The fourth-order valence-corrected chi connectivity index (χ4v) is 7.65. The highest BCUT2D eigenvalue weighted by molar-refractivity contribution is 6.09. The first-order chi connectivity index (χ1) is 26.0. The Balaban J connectivity index is 0.998. The maximum atomic E-state index is 13.0. The normalized spacial score (nSPS) is 12.7. The van der Waals surface area contributed by atoms with Crippen molar-refractivity contribution in [2.45, 2.75) is 46.1 Å². The van der Waals surface area contributed by atoms with Gasteiger partial charge in [0, 0.05) is 50.0 Å². The maximum absolute atomic E-state index is 13.0. The Hall–Kier alpha value is -6.39. The third kappa shape index (κ3) is 6.34. The summed E-state index contributed by atoms with van der Waals surface area (Å²) < 4.78 is 8.30. The van der Waals surface area contributed by atoms with Crippen molar-refractivity contribution in [2.24, 2.45) is 0 Å². The van der Waals surface area contributed by atoms with Gasteiger partial charge in [0.05, 0.1) is 0 Å². The third-order valence-corrected chi connectivity index (χ3v) is 10.6. The van der Waals surface area contributed by atoms with Gasteiger partial charge in [0.15, 0.2) is 0 Å². The van der Waals surface area contributed by atoms with Crippen LogP contribution in [0, 0.1) is 0 Å². The highest BCUT2D eigenvalue weighted by Crippen LogP contribution is 2.36. The molecule has 0 fully saturated rings.